The van der Waals surface area contributed by atoms with Crippen LogP contribution >= 0.6 is 27.3 Å². The van der Waals surface area contributed by atoms with E-state index in [1.807, 2.05) is 24.1 Å². The monoisotopic (exact) mass is 397 g/mol. The molecule has 1 aromatic heterocycles. The van der Waals surface area contributed by atoms with Crippen LogP contribution in [0.15, 0.2) is 40.2 Å². The molecule has 0 saturated carbocycles. The van der Waals surface area contributed by atoms with Gasteiger partial charge in [0.2, 0.25) is 5.91 Å². The van der Waals surface area contributed by atoms with Crippen molar-refractivity contribution in [3.63, 3.8) is 0 Å². The summed E-state index contributed by atoms with van der Waals surface area (Å²) in [5.74, 6) is -0.280. The third kappa shape index (κ3) is 4.60. The highest BCUT2D eigenvalue weighted by molar-refractivity contribution is 9.11. The predicted octanol–water partition coefficient (Wildman–Crippen LogP) is 3.88. The normalized spacial score (nSPS) is 12.2. The number of anilines is 1. The number of hydrogen-bond donors (Lipinski definition) is 1. The number of nitro benzene ring substituents is 1. The van der Waals surface area contributed by atoms with Gasteiger partial charge in [-0.15, -0.1) is 11.3 Å². The van der Waals surface area contributed by atoms with Crippen LogP contribution in [-0.4, -0.2) is 28.8 Å². The first-order valence-electron chi connectivity index (χ1n) is 6.87. The maximum atomic E-state index is 12.3. The second kappa shape index (κ2) is 7.67. The van der Waals surface area contributed by atoms with Crippen molar-refractivity contribution in [2.75, 3.05) is 12.4 Å². The Balaban J connectivity index is 2.03. The summed E-state index contributed by atoms with van der Waals surface area (Å²) in [5, 5.41) is 13.6. The van der Waals surface area contributed by atoms with Gasteiger partial charge >= 0.3 is 0 Å². The Morgan fingerprint density at radius 2 is 2.09 bits per heavy atom. The number of para-hydroxylation sites is 2. The van der Waals surface area contributed by atoms with Gasteiger partial charge in [0.1, 0.15) is 5.69 Å². The summed E-state index contributed by atoms with van der Waals surface area (Å²) in [7, 11) is 1.84. The lowest BCUT2D eigenvalue weighted by molar-refractivity contribution is -0.383. The number of halogens is 1. The van der Waals surface area contributed by atoms with Crippen LogP contribution in [-0.2, 0) is 11.3 Å². The van der Waals surface area contributed by atoms with Gasteiger partial charge in [0.05, 0.1) is 14.8 Å². The summed E-state index contributed by atoms with van der Waals surface area (Å²) in [6.45, 7) is 2.40. The van der Waals surface area contributed by atoms with Crippen molar-refractivity contribution in [1.82, 2.24) is 4.90 Å². The number of benzene rings is 1. The van der Waals surface area contributed by atoms with Gasteiger partial charge in [0.25, 0.3) is 5.69 Å². The van der Waals surface area contributed by atoms with Crippen LogP contribution in [0, 0.1) is 10.1 Å². The van der Waals surface area contributed by atoms with E-state index in [1.54, 1.807) is 30.4 Å². The number of hydrogen-bond acceptors (Lipinski definition) is 5. The SMILES string of the molecule is C[C@H](C(=O)Nc1ccccc1[N+](=O)[O-])N(C)Cc1ccc(Br)s1. The van der Waals surface area contributed by atoms with Crippen molar-refractivity contribution in [2.45, 2.75) is 19.5 Å². The van der Waals surface area contributed by atoms with Gasteiger partial charge < -0.3 is 5.32 Å². The number of thiophene rings is 1. The molecule has 0 aliphatic rings. The zero-order valence-corrected chi connectivity index (χ0v) is 15.1. The second-order valence-electron chi connectivity index (χ2n) is 5.06. The van der Waals surface area contributed by atoms with E-state index in [9.17, 15) is 14.9 Å². The van der Waals surface area contributed by atoms with Gasteiger partial charge in [-0.2, -0.15) is 0 Å². The molecule has 0 aliphatic heterocycles. The van der Waals surface area contributed by atoms with E-state index in [2.05, 4.69) is 21.2 Å². The Kier molecular flexibility index (Phi) is 5.86. The number of amides is 1. The van der Waals surface area contributed by atoms with Crippen molar-refractivity contribution in [3.05, 3.63) is 55.2 Å². The second-order valence-corrected chi connectivity index (χ2v) is 7.61. The third-order valence-corrected chi connectivity index (χ3v) is 5.04. The number of likely N-dealkylation sites (N-methyl/N-ethyl adjacent to an activating group) is 1. The van der Waals surface area contributed by atoms with Crippen molar-refractivity contribution >= 4 is 44.5 Å². The number of nitrogens with zero attached hydrogens (tertiary/aromatic N) is 2. The first kappa shape index (κ1) is 17.6. The molecule has 6 nitrogen and oxygen atoms in total. The van der Waals surface area contributed by atoms with E-state index < -0.39 is 11.0 Å². The van der Waals surface area contributed by atoms with Gasteiger partial charge in [-0.1, -0.05) is 12.1 Å². The molecule has 0 saturated heterocycles. The molecule has 122 valence electrons. The summed E-state index contributed by atoms with van der Waals surface area (Å²) in [5.41, 5.74) is 0.0968. The molecule has 0 radical (unpaired) electrons. The zero-order chi connectivity index (χ0) is 17.0. The van der Waals surface area contributed by atoms with Crippen LogP contribution in [0.25, 0.3) is 0 Å². The fourth-order valence-electron chi connectivity index (χ4n) is 2.00. The first-order valence-corrected chi connectivity index (χ1v) is 8.48. The summed E-state index contributed by atoms with van der Waals surface area (Å²) in [6.07, 6.45) is 0. The summed E-state index contributed by atoms with van der Waals surface area (Å²) in [6, 6.07) is 9.66. The molecule has 8 heteroatoms. The number of nitrogens with one attached hydrogen (secondary N) is 1. The molecule has 2 rings (SSSR count). The third-order valence-electron chi connectivity index (χ3n) is 3.43. The summed E-state index contributed by atoms with van der Waals surface area (Å²) < 4.78 is 1.04. The zero-order valence-electron chi connectivity index (χ0n) is 12.7. The molecule has 1 amide bonds. The Bertz CT molecular complexity index is 719. The van der Waals surface area contributed by atoms with E-state index in [4.69, 9.17) is 0 Å². The molecule has 0 aliphatic carbocycles. The lowest BCUT2D eigenvalue weighted by atomic mass is 10.2. The number of rotatable bonds is 6. The molecule has 0 bridgehead atoms. The standard InChI is InChI=1S/C15H16BrN3O3S/c1-10(18(2)9-11-7-8-14(16)23-11)15(20)17-12-5-3-4-6-13(12)19(21)22/h3-8,10H,9H2,1-2H3,(H,17,20)/t10-/m1/s1. The lowest BCUT2D eigenvalue weighted by Crippen LogP contribution is -2.39. The van der Waals surface area contributed by atoms with Gasteiger partial charge in [0, 0.05) is 17.5 Å². The van der Waals surface area contributed by atoms with E-state index >= 15 is 0 Å². The maximum Gasteiger partial charge on any atom is 0.292 e. The van der Waals surface area contributed by atoms with Crippen LogP contribution in [0.4, 0.5) is 11.4 Å². The Morgan fingerprint density at radius 1 is 1.39 bits per heavy atom. The highest BCUT2D eigenvalue weighted by Gasteiger charge is 2.22. The minimum Gasteiger partial charge on any atom is -0.319 e. The van der Waals surface area contributed by atoms with Gasteiger partial charge in [-0.05, 0) is 48.1 Å². The van der Waals surface area contributed by atoms with Crippen LogP contribution in [0.2, 0.25) is 0 Å². The fourth-order valence-corrected chi connectivity index (χ4v) is 3.54. The summed E-state index contributed by atoms with van der Waals surface area (Å²) in [4.78, 5) is 25.8. The minimum atomic E-state index is -0.507. The number of carbonyl (C=O) groups excluding carboxylic acids is 1. The summed E-state index contributed by atoms with van der Waals surface area (Å²) >= 11 is 5.02. The Labute approximate surface area is 146 Å². The van der Waals surface area contributed by atoms with E-state index in [0.29, 0.717) is 6.54 Å². The van der Waals surface area contributed by atoms with Gasteiger partial charge in [-0.3, -0.25) is 19.8 Å². The molecule has 0 fully saturated rings. The van der Waals surface area contributed by atoms with Crippen molar-refractivity contribution in [1.29, 1.82) is 0 Å². The molecule has 2 aromatic rings. The molecule has 1 heterocycles. The quantitative estimate of drug-likeness (QED) is 0.592. The van der Waals surface area contributed by atoms with Gasteiger partial charge in [-0.25, -0.2) is 0 Å². The average Bonchev–Trinajstić information content (AvgIpc) is 2.91. The van der Waals surface area contributed by atoms with Crippen LogP contribution in [0.5, 0.6) is 0 Å². The topological polar surface area (TPSA) is 75.5 Å². The molecule has 1 aromatic carbocycles. The number of carbonyl (C=O) groups is 1. The lowest BCUT2D eigenvalue weighted by Gasteiger charge is -2.23. The van der Waals surface area contributed by atoms with E-state index in [-0.39, 0.29) is 17.3 Å². The maximum absolute atomic E-state index is 12.3. The van der Waals surface area contributed by atoms with E-state index in [1.165, 1.54) is 12.1 Å². The van der Waals surface area contributed by atoms with Crippen molar-refractivity contribution in [3.8, 4) is 0 Å². The molecule has 0 spiro atoms. The Morgan fingerprint density at radius 3 is 2.70 bits per heavy atom. The van der Waals surface area contributed by atoms with Crippen LogP contribution < -0.4 is 5.32 Å². The minimum absolute atomic E-state index is 0.113. The fraction of sp³-hybridized carbons (Fsp3) is 0.267. The molecule has 23 heavy (non-hydrogen) atoms. The average molecular weight is 398 g/mol. The largest absolute Gasteiger partial charge is 0.319 e. The molecular formula is C15H16BrN3O3S. The highest BCUT2D eigenvalue weighted by Crippen LogP contribution is 2.25. The van der Waals surface area contributed by atoms with Gasteiger partial charge in [0.15, 0.2) is 0 Å². The first-order chi connectivity index (χ1) is 10.9. The van der Waals surface area contributed by atoms with E-state index in [0.717, 1.165) is 8.66 Å². The smallest absolute Gasteiger partial charge is 0.292 e. The highest BCUT2D eigenvalue weighted by atomic mass is 79.9. The number of nitro groups is 1. The van der Waals surface area contributed by atoms with Crippen molar-refractivity contribution < 1.29 is 9.72 Å². The molecule has 0 unspecified atom stereocenters. The van der Waals surface area contributed by atoms with Crippen LogP contribution in [0.1, 0.15) is 11.8 Å². The Hall–Kier alpha value is -1.77. The predicted molar refractivity (Wildman–Crippen MR) is 94.7 cm³/mol. The van der Waals surface area contributed by atoms with Crippen LogP contribution in [0.3, 0.4) is 0 Å². The molecule has 1 atom stereocenters. The van der Waals surface area contributed by atoms with Crippen molar-refractivity contribution in [2.24, 2.45) is 0 Å². The molecule has 1 N–H and O–H groups in total. The molecular weight excluding hydrogens is 382 g/mol.